The van der Waals surface area contributed by atoms with Crippen LogP contribution in [0.1, 0.15) is 27.6 Å². The molecule has 2 aromatic carbocycles. The van der Waals surface area contributed by atoms with Gasteiger partial charge in [-0.25, -0.2) is 0 Å². The third-order valence-electron chi connectivity index (χ3n) is 3.35. The molecule has 5 nitrogen and oxygen atoms in total. The number of hydrogen-bond acceptors (Lipinski definition) is 3. The smallest absolute Gasteiger partial charge is 0.258 e. The van der Waals surface area contributed by atoms with Crippen LogP contribution in [0.15, 0.2) is 48.5 Å². The minimum atomic E-state index is -0.762. The number of anilines is 1. The molecule has 22 heavy (non-hydrogen) atoms. The number of rotatable bonds is 5. The number of carbonyl (C=O) groups excluding carboxylic acids is 2. The van der Waals surface area contributed by atoms with Gasteiger partial charge in [-0.2, -0.15) is 0 Å². The Morgan fingerprint density at radius 3 is 2.36 bits per heavy atom. The molecule has 0 aliphatic rings. The van der Waals surface area contributed by atoms with Crippen LogP contribution in [0.4, 0.5) is 5.69 Å². The fraction of sp³-hybridized carbons (Fsp3) is 0.176. The third kappa shape index (κ3) is 3.32. The number of nitrogens with two attached hydrogens (primary N) is 1. The molecule has 0 radical (unpaired) electrons. The van der Waals surface area contributed by atoms with Gasteiger partial charge in [0, 0.05) is 7.11 Å². The Hall–Kier alpha value is -2.66. The zero-order chi connectivity index (χ0) is 16.1. The number of benzene rings is 2. The minimum Gasteiger partial charge on any atom is -0.367 e. The van der Waals surface area contributed by atoms with Gasteiger partial charge in [0.1, 0.15) is 0 Å². The highest BCUT2D eigenvalue weighted by Gasteiger charge is 2.22. The van der Waals surface area contributed by atoms with E-state index in [0.29, 0.717) is 16.8 Å². The van der Waals surface area contributed by atoms with Crippen LogP contribution in [-0.4, -0.2) is 18.9 Å². The Morgan fingerprint density at radius 1 is 1.09 bits per heavy atom. The summed E-state index contributed by atoms with van der Waals surface area (Å²) < 4.78 is 5.27. The molecule has 1 unspecified atom stereocenters. The maximum atomic E-state index is 12.4. The molecule has 0 spiro atoms. The molecule has 3 N–H and O–H groups in total. The molecule has 2 amide bonds. The van der Waals surface area contributed by atoms with Crippen LogP contribution in [-0.2, 0) is 9.53 Å². The lowest BCUT2D eigenvalue weighted by Crippen LogP contribution is -2.25. The van der Waals surface area contributed by atoms with E-state index in [2.05, 4.69) is 5.32 Å². The van der Waals surface area contributed by atoms with Gasteiger partial charge in [0.05, 0.1) is 11.3 Å². The van der Waals surface area contributed by atoms with Gasteiger partial charge >= 0.3 is 0 Å². The Labute approximate surface area is 129 Å². The third-order valence-corrected chi connectivity index (χ3v) is 3.35. The number of carbonyl (C=O) groups is 2. The van der Waals surface area contributed by atoms with Crippen molar-refractivity contribution in [2.45, 2.75) is 13.0 Å². The molecular weight excluding hydrogens is 280 g/mol. The molecular formula is C17H18N2O3. The van der Waals surface area contributed by atoms with Gasteiger partial charge in [0.15, 0.2) is 6.10 Å². The highest BCUT2D eigenvalue weighted by Crippen LogP contribution is 2.23. The van der Waals surface area contributed by atoms with E-state index in [0.717, 1.165) is 5.56 Å². The topological polar surface area (TPSA) is 81.4 Å². The van der Waals surface area contributed by atoms with Crippen LogP contribution >= 0.6 is 0 Å². The van der Waals surface area contributed by atoms with E-state index in [4.69, 9.17) is 10.5 Å². The fourth-order valence-electron chi connectivity index (χ4n) is 2.32. The fourth-order valence-corrected chi connectivity index (χ4v) is 2.32. The van der Waals surface area contributed by atoms with Gasteiger partial charge in [0.2, 0.25) is 0 Å². The Balaban J connectivity index is 2.29. The number of methoxy groups -OCH3 is 1. The Kier molecular flexibility index (Phi) is 4.91. The van der Waals surface area contributed by atoms with Crippen LogP contribution in [0.5, 0.6) is 0 Å². The summed E-state index contributed by atoms with van der Waals surface area (Å²) in [6.45, 7) is 1.76. The van der Waals surface area contributed by atoms with E-state index in [1.807, 2.05) is 18.2 Å². The van der Waals surface area contributed by atoms with Crippen molar-refractivity contribution < 1.29 is 14.3 Å². The monoisotopic (exact) mass is 298 g/mol. The summed E-state index contributed by atoms with van der Waals surface area (Å²) in [7, 11) is 1.46. The van der Waals surface area contributed by atoms with Crippen molar-refractivity contribution in [3.05, 3.63) is 65.2 Å². The standard InChI is InChI=1S/C17H18N2O3/c1-11-7-6-10-13(14(11)16(18)20)19-17(21)15(22-2)12-8-4-3-5-9-12/h3-10,15H,1-2H3,(H2,18,20)(H,19,21). The second-order valence-corrected chi connectivity index (χ2v) is 4.88. The second kappa shape index (κ2) is 6.87. The average Bonchev–Trinajstić information content (AvgIpc) is 2.48. The maximum Gasteiger partial charge on any atom is 0.258 e. The molecule has 0 heterocycles. The molecule has 2 rings (SSSR count). The maximum absolute atomic E-state index is 12.4. The molecule has 0 aromatic heterocycles. The SMILES string of the molecule is COC(C(=O)Nc1cccc(C)c1C(N)=O)c1ccccc1. The van der Waals surface area contributed by atoms with Gasteiger partial charge in [-0.15, -0.1) is 0 Å². The summed E-state index contributed by atoms with van der Waals surface area (Å²) in [6, 6.07) is 14.3. The number of nitrogens with one attached hydrogen (secondary N) is 1. The predicted molar refractivity (Wildman–Crippen MR) is 84.5 cm³/mol. The van der Waals surface area contributed by atoms with Gasteiger partial charge < -0.3 is 15.8 Å². The molecule has 0 fully saturated rings. The molecule has 1 atom stereocenters. The summed E-state index contributed by atoms with van der Waals surface area (Å²) >= 11 is 0. The first-order valence-electron chi connectivity index (χ1n) is 6.82. The highest BCUT2D eigenvalue weighted by molar-refractivity contribution is 6.05. The number of amides is 2. The molecule has 0 bridgehead atoms. The zero-order valence-corrected chi connectivity index (χ0v) is 12.5. The van der Waals surface area contributed by atoms with E-state index in [1.165, 1.54) is 7.11 Å². The average molecular weight is 298 g/mol. The van der Waals surface area contributed by atoms with Crippen molar-refractivity contribution in [3.8, 4) is 0 Å². The van der Waals surface area contributed by atoms with Crippen LogP contribution in [0.25, 0.3) is 0 Å². The van der Waals surface area contributed by atoms with Gasteiger partial charge in [-0.1, -0.05) is 42.5 Å². The van der Waals surface area contributed by atoms with Crippen molar-refractivity contribution in [3.63, 3.8) is 0 Å². The van der Waals surface area contributed by atoms with Crippen molar-refractivity contribution in [1.82, 2.24) is 0 Å². The summed E-state index contributed by atoms with van der Waals surface area (Å²) in [4.78, 5) is 24.0. The molecule has 0 aliphatic carbocycles. The number of ether oxygens (including phenoxy) is 1. The Bertz CT molecular complexity index is 684. The molecule has 5 heteroatoms. The van der Waals surface area contributed by atoms with Crippen molar-refractivity contribution >= 4 is 17.5 Å². The first kappa shape index (κ1) is 15.7. The van der Waals surface area contributed by atoms with Crippen LogP contribution in [0.2, 0.25) is 0 Å². The van der Waals surface area contributed by atoms with E-state index in [-0.39, 0.29) is 5.91 Å². The lowest BCUT2D eigenvalue weighted by Gasteiger charge is -2.17. The summed E-state index contributed by atoms with van der Waals surface area (Å²) in [6.07, 6.45) is -0.762. The molecule has 0 saturated heterocycles. The molecule has 0 aliphatic heterocycles. The normalized spacial score (nSPS) is 11.7. The largest absolute Gasteiger partial charge is 0.367 e. The summed E-state index contributed by atoms with van der Waals surface area (Å²) in [5, 5.41) is 2.72. The second-order valence-electron chi connectivity index (χ2n) is 4.88. The van der Waals surface area contributed by atoms with Crippen molar-refractivity contribution in [2.24, 2.45) is 5.73 Å². The van der Waals surface area contributed by atoms with Gasteiger partial charge in [0.25, 0.3) is 11.8 Å². The lowest BCUT2D eigenvalue weighted by molar-refractivity contribution is -0.126. The Morgan fingerprint density at radius 2 is 1.77 bits per heavy atom. The highest BCUT2D eigenvalue weighted by atomic mass is 16.5. The number of aryl methyl sites for hydroxylation is 1. The molecule has 0 saturated carbocycles. The van der Waals surface area contributed by atoms with Crippen LogP contribution < -0.4 is 11.1 Å². The van der Waals surface area contributed by atoms with Gasteiger partial charge in [-0.05, 0) is 24.1 Å². The zero-order valence-electron chi connectivity index (χ0n) is 12.5. The first-order chi connectivity index (χ1) is 10.5. The van der Waals surface area contributed by atoms with E-state index in [9.17, 15) is 9.59 Å². The summed E-state index contributed by atoms with van der Waals surface area (Å²) in [5.74, 6) is -0.941. The summed E-state index contributed by atoms with van der Waals surface area (Å²) in [5.41, 5.74) is 7.52. The van der Waals surface area contributed by atoms with Crippen LogP contribution in [0.3, 0.4) is 0 Å². The lowest BCUT2D eigenvalue weighted by atomic mass is 10.0. The van der Waals surface area contributed by atoms with Gasteiger partial charge in [-0.3, -0.25) is 9.59 Å². The molecule has 2 aromatic rings. The number of primary amides is 1. The number of hydrogen-bond donors (Lipinski definition) is 2. The van der Waals surface area contributed by atoms with Crippen molar-refractivity contribution in [1.29, 1.82) is 0 Å². The quantitative estimate of drug-likeness (QED) is 0.889. The minimum absolute atomic E-state index is 0.304. The predicted octanol–water partition coefficient (Wildman–Crippen LogP) is 2.42. The van der Waals surface area contributed by atoms with E-state index in [1.54, 1.807) is 37.3 Å². The van der Waals surface area contributed by atoms with E-state index < -0.39 is 12.0 Å². The first-order valence-corrected chi connectivity index (χ1v) is 6.82. The molecule has 114 valence electrons. The van der Waals surface area contributed by atoms with Crippen LogP contribution in [0, 0.1) is 6.92 Å². The van der Waals surface area contributed by atoms with E-state index >= 15 is 0 Å². The van der Waals surface area contributed by atoms with Crippen molar-refractivity contribution in [2.75, 3.05) is 12.4 Å².